The molecule has 9 N–H and O–H groups in total. The lowest BCUT2D eigenvalue weighted by Crippen LogP contribution is -2.64. The van der Waals surface area contributed by atoms with Crippen LogP contribution in [0, 0.1) is 40.4 Å². The van der Waals surface area contributed by atoms with E-state index in [9.17, 15) is 55.5 Å². The molecule has 0 bridgehead atoms. The second-order valence-corrected chi connectivity index (χ2v) is 20.4. The molecule has 0 spiro atoms. The summed E-state index contributed by atoms with van der Waals surface area (Å²) in [6.45, 7) is 10.1. The summed E-state index contributed by atoms with van der Waals surface area (Å²) < 4.78 is 41.9. The van der Waals surface area contributed by atoms with Crippen molar-refractivity contribution < 1.29 is 88.7 Å². The fourth-order valence-electron chi connectivity index (χ4n) is 12.5. The van der Waals surface area contributed by atoms with Gasteiger partial charge in [0.2, 0.25) is 0 Å². The van der Waals surface area contributed by atoms with E-state index >= 15 is 0 Å². The van der Waals surface area contributed by atoms with E-state index in [4.69, 9.17) is 33.2 Å². The van der Waals surface area contributed by atoms with E-state index in [1.54, 1.807) is 6.92 Å². The maximum atomic E-state index is 14.2. The molecular weight excluding hydrogens is 828 g/mol. The summed E-state index contributed by atoms with van der Waals surface area (Å²) >= 11 is 0. The van der Waals surface area contributed by atoms with Crippen LogP contribution in [0.25, 0.3) is 0 Å². The number of allylic oxidation sites excluding steroid dienone is 1. The van der Waals surface area contributed by atoms with Crippen LogP contribution in [0.5, 0.6) is 0 Å². The van der Waals surface area contributed by atoms with Gasteiger partial charge in [0.15, 0.2) is 25.0 Å². The number of aliphatic hydroxyl groups excluding tert-OH is 8. The van der Waals surface area contributed by atoms with Gasteiger partial charge >= 0.3 is 5.97 Å². The lowest BCUT2D eigenvalue weighted by molar-refractivity contribution is -0.345. The van der Waals surface area contributed by atoms with Gasteiger partial charge in [-0.15, -0.1) is 0 Å². The number of aliphatic hydroxyl groups is 9. The zero-order valence-corrected chi connectivity index (χ0v) is 37.3. The Morgan fingerprint density at radius 3 is 2.17 bits per heavy atom. The highest BCUT2D eigenvalue weighted by Gasteiger charge is 2.71. The summed E-state index contributed by atoms with van der Waals surface area (Å²) in [5.41, 5.74) is -1.55. The molecular formula is C45H72O18. The van der Waals surface area contributed by atoms with Crippen LogP contribution >= 0.6 is 0 Å². The third kappa shape index (κ3) is 8.95. The van der Waals surface area contributed by atoms with Crippen molar-refractivity contribution in [1.29, 1.82) is 0 Å². The zero-order valence-electron chi connectivity index (χ0n) is 37.3. The Morgan fingerprint density at radius 1 is 0.810 bits per heavy atom. The molecule has 0 radical (unpaired) electrons. The molecule has 4 aliphatic carbocycles. The largest absolute Gasteiger partial charge is 0.454 e. The topological polar surface area (TPSA) is 281 Å². The predicted molar refractivity (Wildman–Crippen MR) is 218 cm³/mol. The number of carbonyl (C=O) groups is 2. The summed E-state index contributed by atoms with van der Waals surface area (Å²) in [5.74, 6) is -1.31. The van der Waals surface area contributed by atoms with Crippen LogP contribution in [-0.4, -0.2) is 175 Å². The molecule has 6 fully saturated rings. The Labute approximate surface area is 368 Å². The fraction of sp³-hybridized carbons (Fsp3) is 0.911. The van der Waals surface area contributed by atoms with E-state index < -0.39 is 116 Å². The van der Waals surface area contributed by atoms with Gasteiger partial charge in [-0.1, -0.05) is 46.3 Å². The van der Waals surface area contributed by atoms with Crippen LogP contribution in [0.1, 0.15) is 99.3 Å². The third-order valence-electron chi connectivity index (χ3n) is 16.4. The van der Waals surface area contributed by atoms with E-state index in [0.29, 0.717) is 38.5 Å². The second-order valence-electron chi connectivity index (χ2n) is 20.4. The number of rotatable bonds is 13. The molecule has 22 atom stereocenters. The minimum Gasteiger partial charge on any atom is -0.454 e. The molecule has 1 unspecified atom stereocenters. The number of fused-ring (bicyclic) bond motifs is 5. The van der Waals surface area contributed by atoms with Gasteiger partial charge in [0.1, 0.15) is 66.3 Å². The SMILES string of the molecule is CC(=O)O[C@H]1[C@H](O[C@H]2C[C@H]3[C@@H]4CC=C5C[C@@H](O[C@@H]6O[C@H](CO)[C@@H](O)[C@H](O)C6O)CC[C@]5(C)[C@H]4CC[C@]3(C)[C@@]2(O)[C@@H](C)C(=O)CCC(C)C)OC[C@H](O)[C@@H]1O[C@@H]1OC[C@@H](O)[C@H](O)[C@H]1O. The van der Waals surface area contributed by atoms with Crippen LogP contribution in [-0.2, 0) is 42.7 Å². The Kier molecular flexibility index (Phi) is 14.9. The Balaban J connectivity index is 1.15. The first-order chi connectivity index (χ1) is 29.7. The summed E-state index contributed by atoms with van der Waals surface area (Å²) in [4.78, 5) is 26.8. The van der Waals surface area contributed by atoms with E-state index in [-0.39, 0.29) is 60.6 Å². The van der Waals surface area contributed by atoms with Crippen molar-refractivity contribution in [3.05, 3.63) is 11.6 Å². The van der Waals surface area contributed by atoms with Crippen molar-refractivity contribution >= 4 is 11.8 Å². The van der Waals surface area contributed by atoms with Crippen molar-refractivity contribution in [2.75, 3.05) is 19.8 Å². The average molecular weight is 901 g/mol. The summed E-state index contributed by atoms with van der Waals surface area (Å²) in [7, 11) is 0. The number of hydrogen-bond acceptors (Lipinski definition) is 18. The number of ketones is 1. The molecule has 3 aliphatic heterocycles. The van der Waals surface area contributed by atoms with Gasteiger partial charge in [-0.05, 0) is 80.5 Å². The first-order valence-electron chi connectivity index (χ1n) is 23.0. The lowest BCUT2D eigenvalue weighted by Gasteiger charge is -2.59. The van der Waals surface area contributed by atoms with Gasteiger partial charge < -0.3 is 79.1 Å². The summed E-state index contributed by atoms with van der Waals surface area (Å²) in [6, 6.07) is 0. The highest BCUT2D eigenvalue weighted by molar-refractivity contribution is 5.82. The van der Waals surface area contributed by atoms with Gasteiger partial charge in [0.05, 0.1) is 32.0 Å². The molecule has 3 saturated carbocycles. The number of Topliss-reactive ketones (excluding diaryl/α,β-unsaturated/α-hetero) is 1. The molecule has 360 valence electrons. The quantitative estimate of drug-likeness (QED) is 0.0867. The second kappa shape index (κ2) is 19.1. The van der Waals surface area contributed by atoms with E-state index in [2.05, 4.69) is 19.9 Å². The smallest absolute Gasteiger partial charge is 0.303 e. The van der Waals surface area contributed by atoms with Crippen LogP contribution in [0.2, 0.25) is 0 Å². The first kappa shape index (κ1) is 49.2. The predicted octanol–water partition coefficient (Wildman–Crippen LogP) is -0.0250. The van der Waals surface area contributed by atoms with Crippen LogP contribution in [0.4, 0.5) is 0 Å². The van der Waals surface area contributed by atoms with E-state index in [0.717, 1.165) is 12.8 Å². The van der Waals surface area contributed by atoms with Crippen molar-refractivity contribution in [3.8, 4) is 0 Å². The molecule has 18 heteroatoms. The van der Waals surface area contributed by atoms with Crippen molar-refractivity contribution in [2.45, 2.75) is 197 Å². The van der Waals surface area contributed by atoms with Gasteiger partial charge in [-0.25, -0.2) is 0 Å². The monoisotopic (exact) mass is 900 g/mol. The first-order valence-corrected chi connectivity index (χ1v) is 23.0. The number of esters is 1. The van der Waals surface area contributed by atoms with E-state index in [1.807, 2.05) is 13.8 Å². The van der Waals surface area contributed by atoms with Crippen molar-refractivity contribution in [3.63, 3.8) is 0 Å². The maximum absolute atomic E-state index is 14.2. The molecule has 7 aliphatic rings. The molecule has 0 amide bonds. The molecule has 3 saturated heterocycles. The molecule has 3 heterocycles. The van der Waals surface area contributed by atoms with Gasteiger partial charge in [0, 0.05) is 24.7 Å². The Hall–Kier alpha value is -1.72. The molecule has 18 nitrogen and oxygen atoms in total. The Morgan fingerprint density at radius 2 is 1.49 bits per heavy atom. The maximum Gasteiger partial charge on any atom is 0.303 e. The minimum absolute atomic E-state index is 0.0830. The molecule has 0 aromatic rings. The van der Waals surface area contributed by atoms with Crippen molar-refractivity contribution in [1.82, 2.24) is 0 Å². The van der Waals surface area contributed by atoms with Crippen LogP contribution < -0.4 is 0 Å². The molecule has 0 aromatic carbocycles. The highest BCUT2D eigenvalue weighted by atomic mass is 16.7. The average Bonchev–Trinajstić information content (AvgIpc) is 3.47. The minimum atomic E-state index is -1.71. The van der Waals surface area contributed by atoms with Gasteiger partial charge in [-0.3, -0.25) is 9.59 Å². The van der Waals surface area contributed by atoms with E-state index in [1.165, 1.54) is 12.5 Å². The fourth-order valence-corrected chi connectivity index (χ4v) is 12.5. The third-order valence-corrected chi connectivity index (χ3v) is 16.4. The zero-order chi connectivity index (χ0) is 45.9. The van der Waals surface area contributed by atoms with Crippen LogP contribution in [0.3, 0.4) is 0 Å². The number of hydrogen-bond donors (Lipinski definition) is 9. The van der Waals surface area contributed by atoms with Gasteiger partial charge in [-0.2, -0.15) is 0 Å². The summed E-state index contributed by atoms with van der Waals surface area (Å²) in [5, 5.41) is 96.6. The molecule has 63 heavy (non-hydrogen) atoms. The number of carbonyl (C=O) groups excluding carboxylic acids is 2. The van der Waals surface area contributed by atoms with Crippen molar-refractivity contribution in [2.24, 2.45) is 40.4 Å². The standard InChI is InChI=1S/C45H72O18/c1-20(2)7-10-28(48)21(3)45(56)32(62-42-39(59-22(4)47)38(30(50)19-58-42)63-40-36(54)33(51)29(49)18-57-40)16-27-25-9-8-23-15-24(11-13-43(23,5)26(25)12-14-44(27,45)6)60-41-37(55)35(53)34(52)31(17-46)61-41/h8,20-21,24-27,29-42,46,49-56H,7,9-19H2,1-6H3/t21-,24-,25+,26-,27-,29+,30-,31+,32-,33-,34+,35-,36+,37?,38-,39+,40-,41+,42-,43-,44-,45+/m0/s1. The highest BCUT2D eigenvalue weighted by Crippen LogP contribution is 2.69. The molecule has 7 rings (SSSR count). The van der Waals surface area contributed by atoms with Gasteiger partial charge in [0.25, 0.3) is 0 Å². The summed E-state index contributed by atoms with van der Waals surface area (Å²) in [6.07, 6.45) is -12.6. The van der Waals surface area contributed by atoms with Crippen LogP contribution in [0.15, 0.2) is 11.6 Å². The normalized spacial score (nSPS) is 49.3. The lowest BCUT2D eigenvalue weighted by atomic mass is 9.46. The number of ether oxygens (including phenoxy) is 7. The Bertz CT molecular complexity index is 1640. The molecule has 0 aromatic heterocycles.